The molecule has 0 amide bonds. The molecule has 5 aromatic rings. The highest BCUT2D eigenvalue weighted by molar-refractivity contribution is 5.97. The number of hydrogen-bond donors (Lipinski definition) is 0. The van der Waals surface area contributed by atoms with E-state index < -0.39 is 0 Å². The van der Waals surface area contributed by atoms with Crippen molar-refractivity contribution in [1.82, 2.24) is 0 Å². The molecule has 0 aliphatic heterocycles. The molecule has 0 aromatic heterocycles. The van der Waals surface area contributed by atoms with E-state index >= 15 is 0 Å². The van der Waals surface area contributed by atoms with Gasteiger partial charge in [0, 0.05) is 11.1 Å². The van der Waals surface area contributed by atoms with Crippen LogP contribution in [0.1, 0.15) is 67.9 Å². The highest BCUT2D eigenvalue weighted by Crippen LogP contribution is 2.30. The lowest BCUT2D eigenvalue weighted by molar-refractivity contribution is 0.100. The molecule has 5 aromatic carbocycles. The SMILES string of the molecule is COc1ccc(/C(=C\c2ccc(/C=C(\c3ccc(OC)cc3)c3ccc(C(C)=O)cc3)cc2)c2ccc(C(C)=O)cc2)cc1. The Morgan fingerprint density at radius 1 is 0.409 bits per heavy atom. The Morgan fingerprint density at radius 3 is 0.909 bits per heavy atom. The van der Waals surface area contributed by atoms with Gasteiger partial charge in [-0.2, -0.15) is 0 Å². The van der Waals surface area contributed by atoms with Crippen LogP contribution in [0.3, 0.4) is 0 Å². The summed E-state index contributed by atoms with van der Waals surface area (Å²) in [7, 11) is 3.31. The Morgan fingerprint density at radius 2 is 0.659 bits per heavy atom. The summed E-state index contributed by atoms with van der Waals surface area (Å²) in [5, 5.41) is 0. The number of rotatable bonds is 10. The van der Waals surface area contributed by atoms with Gasteiger partial charge < -0.3 is 9.47 Å². The van der Waals surface area contributed by atoms with Crippen molar-refractivity contribution in [1.29, 1.82) is 0 Å². The first-order valence-corrected chi connectivity index (χ1v) is 14.4. The molecular formula is C40H34O4. The molecule has 0 saturated carbocycles. The third kappa shape index (κ3) is 7.11. The first-order valence-electron chi connectivity index (χ1n) is 14.4. The number of hydrogen-bond acceptors (Lipinski definition) is 4. The summed E-state index contributed by atoms with van der Waals surface area (Å²) < 4.78 is 10.7. The van der Waals surface area contributed by atoms with Crippen molar-refractivity contribution < 1.29 is 19.1 Å². The van der Waals surface area contributed by atoms with E-state index in [1.165, 1.54) is 0 Å². The number of benzene rings is 5. The molecular weight excluding hydrogens is 544 g/mol. The number of carbonyl (C=O) groups excluding carboxylic acids is 2. The lowest BCUT2D eigenvalue weighted by Crippen LogP contribution is -1.94. The van der Waals surface area contributed by atoms with Crippen LogP contribution in [-0.2, 0) is 0 Å². The summed E-state index contributed by atoms with van der Waals surface area (Å²) in [5.74, 6) is 1.66. The van der Waals surface area contributed by atoms with Gasteiger partial charge in [0.1, 0.15) is 11.5 Å². The highest BCUT2D eigenvalue weighted by atomic mass is 16.5. The van der Waals surface area contributed by atoms with E-state index in [-0.39, 0.29) is 11.6 Å². The molecule has 44 heavy (non-hydrogen) atoms. The van der Waals surface area contributed by atoms with E-state index in [9.17, 15) is 9.59 Å². The predicted octanol–water partition coefficient (Wildman–Crippen LogP) is 9.29. The van der Waals surface area contributed by atoms with Gasteiger partial charge in [-0.3, -0.25) is 9.59 Å². The van der Waals surface area contributed by atoms with Crippen LogP contribution in [0.4, 0.5) is 0 Å². The van der Waals surface area contributed by atoms with Crippen molar-refractivity contribution in [2.75, 3.05) is 14.2 Å². The molecule has 0 N–H and O–H groups in total. The van der Waals surface area contributed by atoms with E-state index in [1.807, 2.05) is 97.1 Å². The van der Waals surface area contributed by atoms with Gasteiger partial charge in [0.15, 0.2) is 11.6 Å². The van der Waals surface area contributed by atoms with Crippen molar-refractivity contribution in [3.05, 3.63) is 166 Å². The van der Waals surface area contributed by atoms with E-state index in [1.54, 1.807) is 28.1 Å². The number of carbonyl (C=O) groups is 2. The minimum Gasteiger partial charge on any atom is -0.497 e. The Bertz CT molecular complexity index is 1670. The van der Waals surface area contributed by atoms with Crippen LogP contribution in [0.15, 0.2) is 121 Å². The molecule has 0 saturated heterocycles. The van der Waals surface area contributed by atoms with E-state index in [2.05, 4.69) is 36.4 Å². The fourth-order valence-corrected chi connectivity index (χ4v) is 5.00. The largest absolute Gasteiger partial charge is 0.497 e. The van der Waals surface area contributed by atoms with Crippen LogP contribution >= 0.6 is 0 Å². The van der Waals surface area contributed by atoms with Gasteiger partial charge in [0.25, 0.3) is 0 Å². The molecule has 0 unspecified atom stereocenters. The van der Waals surface area contributed by atoms with Crippen molar-refractivity contribution >= 4 is 34.9 Å². The molecule has 5 rings (SSSR count). The Hall–Kier alpha value is -5.48. The Labute approximate surface area is 258 Å². The van der Waals surface area contributed by atoms with Crippen LogP contribution in [0.25, 0.3) is 23.3 Å². The predicted molar refractivity (Wildman–Crippen MR) is 179 cm³/mol. The number of Topliss-reactive ketones (excluding diaryl/α,β-unsaturated/α-hetero) is 2. The molecule has 0 fully saturated rings. The van der Waals surface area contributed by atoms with Gasteiger partial charge in [-0.1, -0.05) is 97.1 Å². The molecule has 0 aliphatic rings. The maximum atomic E-state index is 11.9. The molecule has 4 heteroatoms. The van der Waals surface area contributed by atoms with Crippen molar-refractivity contribution in [2.45, 2.75) is 13.8 Å². The first kappa shape index (κ1) is 30.0. The van der Waals surface area contributed by atoms with Crippen molar-refractivity contribution in [2.24, 2.45) is 0 Å². The number of methoxy groups -OCH3 is 2. The molecule has 0 aliphatic carbocycles. The van der Waals surface area contributed by atoms with E-state index in [0.29, 0.717) is 11.1 Å². The van der Waals surface area contributed by atoms with Crippen LogP contribution in [0, 0.1) is 0 Å². The molecule has 0 radical (unpaired) electrons. The van der Waals surface area contributed by atoms with Gasteiger partial charge in [0.05, 0.1) is 14.2 Å². The van der Waals surface area contributed by atoms with Gasteiger partial charge in [-0.15, -0.1) is 0 Å². The summed E-state index contributed by atoms with van der Waals surface area (Å²) in [5.41, 5.74) is 9.64. The summed E-state index contributed by atoms with van der Waals surface area (Å²) in [4.78, 5) is 23.7. The van der Waals surface area contributed by atoms with Crippen LogP contribution in [0.5, 0.6) is 11.5 Å². The summed E-state index contributed by atoms with van der Waals surface area (Å²) >= 11 is 0. The van der Waals surface area contributed by atoms with Crippen molar-refractivity contribution in [3.63, 3.8) is 0 Å². The Kier molecular flexibility index (Phi) is 9.31. The number of ketones is 2. The molecule has 218 valence electrons. The lowest BCUT2D eigenvalue weighted by atomic mass is 9.93. The quantitative estimate of drug-likeness (QED) is 0.122. The minimum atomic E-state index is 0.0407. The fourth-order valence-electron chi connectivity index (χ4n) is 5.00. The van der Waals surface area contributed by atoms with Crippen LogP contribution < -0.4 is 9.47 Å². The van der Waals surface area contributed by atoms with Gasteiger partial charge >= 0.3 is 0 Å². The van der Waals surface area contributed by atoms with Crippen LogP contribution in [-0.4, -0.2) is 25.8 Å². The first-order chi connectivity index (χ1) is 21.3. The minimum absolute atomic E-state index is 0.0407. The average Bonchev–Trinajstić information content (AvgIpc) is 3.07. The van der Waals surface area contributed by atoms with Gasteiger partial charge in [0.2, 0.25) is 0 Å². The number of ether oxygens (including phenoxy) is 2. The smallest absolute Gasteiger partial charge is 0.159 e. The molecule has 0 atom stereocenters. The topological polar surface area (TPSA) is 52.6 Å². The standard InChI is InChI=1S/C40H34O4/c1-27(41)31-9-13-33(14-10-31)39(35-17-21-37(43-3)22-18-35)25-29-5-7-30(8-6-29)26-40(36-19-23-38(44-4)24-20-36)34-15-11-32(12-16-34)28(2)42/h5-26H,1-4H3/b39-25-,40-26-. The fraction of sp³-hybridized carbons (Fsp3) is 0.100. The van der Waals surface area contributed by atoms with Gasteiger partial charge in [-0.25, -0.2) is 0 Å². The van der Waals surface area contributed by atoms with E-state index in [0.717, 1.165) is 56.0 Å². The highest BCUT2D eigenvalue weighted by Gasteiger charge is 2.10. The second-order valence-electron chi connectivity index (χ2n) is 10.5. The Balaban J connectivity index is 1.53. The second-order valence-corrected chi connectivity index (χ2v) is 10.5. The normalized spacial score (nSPS) is 11.6. The van der Waals surface area contributed by atoms with E-state index in [4.69, 9.17) is 9.47 Å². The molecule has 4 nitrogen and oxygen atoms in total. The molecule has 0 spiro atoms. The van der Waals surface area contributed by atoms with Gasteiger partial charge in [-0.05, 0) is 94.8 Å². The maximum absolute atomic E-state index is 11.9. The van der Waals surface area contributed by atoms with Crippen molar-refractivity contribution in [3.8, 4) is 11.5 Å². The maximum Gasteiger partial charge on any atom is 0.159 e. The third-order valence-corrected chi connectivity index (χ3v) is 7.57. The second kappa shape index (κ2) is 13.7. The molecule has 0 heterocycles. The third-order valence-electron chi connectivity index (χ3n) is 7.57. The summed E-state index contributed by atoms with van der Waals surface area (Å²) in [6.07, 6.45) is 4.31. The monoisotopic (exact) mass is 578 g/mol. The van der Waals surface area contributed by atoms with Crippen LogP contribution in [0.2, 0.25) is 0 Å². The average molecular weight is 579 g/mol. The summed E-state index contributed by atoms with van der Waals surface area (Å²) in [6.45, 7) is 3.15. The zero-order valence-electron chi connectivity index (χ0n) is 25.3. The lowest BCUT2D eigenvalue weighted by Gasteiger charge is -2.12. The zero-order valence-corrected chi connectivity index (χ0v) is 25.3. The summed E-state index contributed by atoms with van der Waals surface area (Å²) in [6, 6.07) is 39.8. The zero-order chi connectivity index (χ0) is 31.1. The molecule has 0 bridgehead atoms.